The molecule has 0 aromatic heterocycles. The van der Waals surface area contributed by atoms with Crippen molar-refractivity contribution in [2.24, 2.45) is 11.8 Å². The summed E-state index contributed by atoms with van der Waals surface area (Å²) in [5.74, 6) is 1.07. The molecule has 128 valence electrons. The normalized spacial score (nSPS) is 32.0. The maximum Gasteiger partial charge on any atom is 0.237 e. The lowest BCUT2D eigenvalue weighted by Crippen LogP contribution is -2.57. The van der Waals surface area contributed by atoms with Crippen LogP contribution in [0.15, 0.2) is 0 Å². The predicted molar refractivity (Wildman–Crippen MR) is 88.8 cm³/mol. The highest BCUT2D eigenvalue weighted by atomic mass is 16.5. The number of carbonyl (C=O) groups is 1. The van der Waals surface area contributed by atoms with Crippen LogP contribution in [-0.4, -0.2) is 61.8 Å². The summed E-state index contributed by atoms with van der Waals surface area (Å²) in [7, 11) is 0. The molecule has 4 unspecified atom stereocenters. The lowest BCUT2D eigenvalue weighted by molar-refractivity contribution is -0.135. The fraction of sp³-hybridized carbons (Fsp3) is 0.941. The van der Waals surface area contributed by atoms with Crippen molar-refractivity contribution in [3.63, 3.8) is 0 Å². The summed E-state index contributed by atoms with van der Waals surface area (Å²) in [6.07, 6.45) is 2.82. The quantitative estimate of drug-likeness (QED) is 0.802. The van der Waals surface area contributed by atoms with Gasteiger partial charge in [-0.2, -0.15) is 0 Å². The van der Waals surface area contributed by atoms with Gasteiger partial charge >= 0.3 is 0 Å². The molecule has 0 aromatic carbocycles. The minimum Gasteiger partial charge on any atom is -0.373 e. The molecule has 5 nitrogen and oxygen atoms in total. The Balaban J connectivity index is 1.90. The summed E-state index contributed by atoms with van der Waals surface area (Å²) >= 11 is 0. The number of nitrogens with zero attached hydrogens (tertiary/aromatic N) is 1. The lowest BCUT2D eigenvalue weighted by atomic mass is 9.97. The third-order valence-electron chi connectivity index (χ3n) is 4.71. The number of ether oxygens (including phenoxy) is 1. The van der Waals surface area contributed by atoms with Crippen molar-refractivity contribution in [1.82, 2.24) is 15.5 Å². The van der Waals surface area contributed by atoms with Gasteiger partial charge in [-0.15, -0.1) is 0 Å². The predicted octanol–water partition coefficient (Wildman–Crippen LogP) is 1.24. The third-order valence-corrected chi connectivity index (χ3v) is 4.71. The Bertz CT molecular complexity index is 346. The van der Waals surface area contributed by atoms with Crippen LogP contribution >= 0.6 is 0 Å². The van der Waals surface area contributed by atoms with Crippen LogP contribution in [0.5, 0.6) is 0 Å². The van der Waals surface area contributed by atoms with Crippen LogP contribution < -0.4 is 10.6 Å². The Labute approximate surface area is 135 Å². The summed E-state index contributed by atoms with van der Waals surface area (Å²) < 4.78 is 5.80. The zero-order chi connectivity index (χ0) is 16.1. The molecule has 2 aliphatic heterocycles. The molecule has 0 aliphatic carbocycles. The molecule has 1 amide bonds. The van der Waals surface area contributed by atoms with Gasteiger partial charge in [0, 0.05) is 19.6 Å². The average molecular weight is 311 g/mol. The van der Waals surface area contributed by atoms with Crippen molar-refractivity contribution in [1.29, 1.82) is 0 Å². The molecule has 2 N–H and O–H groups in total. The summed E-state index contributed by atoms with van der Waals surface area (Å²) in [6.45, 7) is 13.1. The van der Waals surface area contributed by atoms with E-state index in [1.54, 1.807) is 0 Å². The summed E-state index contributed by atoms with van der Waals surface area (Å²) in [5, 5.41) is 6.61. The highest BCUT2D eigenvalue weighted by Gasteiger charge is 2.34. The molecule has 4 atom stereocenters. The number of piperidine rings is 1. The zero-order valence-corrected chi connectivity index (χ0v) is 14.6. The monoisotopic (exact) mass is 311 g/mol. The molecule has 2 aliphatic rings. The second kappa shape index (κ2) is 8.27. The standard InChI is InChI=1S/C17H33N3O2/c1-12(2)16(20-10-13(3)22-14(4)11-20)17(21)19-9-15-6-5-7-18-8-15/h12-16,18H,5-11H2,1-4H3,(H,19,21). The van der Waals surface area contributed by atoms with Gasteiger partial charge in [0.15, 0.2) is 0 Å². The number of morpholine rings is 1. The molecule has 22 heavy (non-hydrogen) atoms. The van der Waals surface area contributed by atoms with E-state index in [0.29, 0.717) is 11.8 Å². The van der Waals surface area contributed by atoms with E-state index in [-0.39, 0.29) is 24.2 Å². The first-order valence-electron chi connectivity index (χ1n) is 8.85. The number of carbonyl (C=O) groups excluding carboxylic acids is 1. The van der Waals surface area contributed by atoms with E-state index in [9.17, 15) is 4.79 Å². The van der Waals surface area contributed by atoms with Crippen LogP contribution in [0.3, 0.4) is 0 Å². The van der Waals surface area contributed by atoms with Gasteiger partial charge in [-0.25, -0.2) is 0 Å². The fourth-order valence-electron chi connectivity index (χ4n) is 3.78. The van der Waals surface area contributed by atoms with Crippen molar-refractivity contribution in [2.45, 2.75) is 58.8 Å². The summed E-state index contributed by atoms with van der Waals surface area (Å²) in [5.41, 5.74) is 0. The van der Waals surface area contributed by atoms with E-state index in [0.717, 1.165) is 32.7 Å². The van der Waals surface area contributed by atoms with Crippen molar-refractivity contribution in [3.8, 4) is 0 Å². The molecule has 0 aromatic rings. The maximum absolute atomic E-state index is 12.7. The van der Waals surface area contributed by atoms with Gasteiger partial charge in [0.05, 0.1) is 18.2 Å². The van der Waals surface area contributed by atoms with Crippen LogP contribution in [0.2, 0.25) is 0 Å². The topological polar surface area (TPSA) is 53.6 Å². The average Bonchev–Trinajstić information content (AvgIpc) is 2.45. The molecule has 2 heterocycles. The number of hydrogen-bond donors (Lipinski definition) is 2. The maximum atomic E-state index is 12.7. The first-order chi connectivity index (χ1) is 10.5. The Morgan fingerprint density at radius 2 is 2.00 bits per heavy atom. The van der Waals surface area contributed by atoms with Gasteiger partial charge < -0.3 is 15.4 Å². The molecule has 5 heteroatoms. The van der Waals surface area contributed by atoms with Crippen LogP contribution in [-0.2, 0) is 9.53 Å². The first-order valence-corrected chi connectivity index (χ1v) is 8.85. The van der Waals surface area contributed by atoms with Crippen LogP contribution in [0.4, 0.5) is 0 Å². The summed E-state index contributed by atoms with van der Waals surface area (Å²) in [6, 6.07) is -0.0506. The first kappa shape index (κ1) is 17.7. The fourth-order valence-corrected chi connectivity index (χ4v) is 3.78. The summed E-state index contributed by atoms with van der Waals surface area (Å²) in [4.78, 5) is 15.0. The van der Waals surface area contributed by atoms with Crippen molar-refractivity contribution < 1.29 is 9.53 Å². The number of nitrogens with one attached hydrogen (secondary N) is 2. The minimum absolute atomic E-state index is 0.0506. The number of hydrogen-bond acceptors (Lipinski definition) is 4. The molecular formula is C17H33N3O2. The third kappa shape index (κ3) is 4.93. The highest BCUT2D eigenvalue weighted by molar-refractivity contribution is 5.82. The zero-order valence-electron chi connectivity index (χ0n) is 14.6. The van der Waals surface area contributed by atoms with Gasteiger partial charge in [0.2, 0.25) is 5.91 Å². The van der Waals surface area contributed by atoms with E-state index >= 15 is 0 Å². The van der Waals surface area contributed by atoms with Gasteiger partial charge in [-0.1, -0.05) is 13.8 Å². The SMILES string of the molecule is CC1CN(C(C(=O)NCC2CCCNC2)C(C)C)CC(C)O1. The van der Waals surface area contributed by atoms with Gasteiger partial charge in [0.1, 0.15) is 0 Å². The molecule has 0 saturated carbocycles. The Kier molecular flexibility index (Phi) is 6.66. The smallest absolute Gasteiger partial charge is 0.237 e. The van der Waals surface area contributed by atoms with Crippen molar-refractivity contribution in [3.05, 3.63) is 0 Å². The van der Waals surface area contributed by atoms with Crippen LogP contribution in [0, 0.1) is 11.8 Å². The van der Waals surface area contributed by atoms with Crippen LogP contribution in [0.25, 0.3) is 0 Å². The molecule has 2 saturated heterocycles. The largest absolute Gasteiger partial charge is 0.373 e. The van der Waals surface area contributed by atoms with E-state index in [4.69, 9.17) is 4.74 Å². The molecule has 0 bridgehead atoms. The van der Waals surface area contributed by atoms with Crippen molar-refractivity contribution in [2.75, 3.05) is 32.7 Å². The highest BCUT2D eigenvalue weighted by Crippen LogP contribution is 2.19. The van der Waals surface area contributed by atoms with E-state index in [1.165, 1.54) is 12.8 Å². The Hall–Kier alpha value is -0.650. The van der Waals surface area contributed by atoms with Crippen LogP contribution in [0.1, 0.15) is 40.5 Å². The molecular weight excluding hydrogens is 278 g/mol. The molecule has 2 rings (SSSR count). The lowest BCUT2D eigenvalue weighted by Gasteiger charge is -2.41. The van der Waals surface area contributed by atoms with E-state index in [1.807, 2.05) is 0 Å². The minimum atomic E-state index is -0.0506. The molecule has 0 radical (unpaired) electrons. The Morgan fingerprint density at radius 1 is 1.32 bits per heavy atom. The number of rotatable bonds is 5. The molecule has 2 fully saturated rings. The van der Waals surface area contributed by atoms with Gasteiger partial charge in [0.25, 0.3) is 0 Å². The second-order valence-corrected chi connectivity index (χ2v) is 7.36. The van der Waals surface area contributed by atoms with Gasteiger partial charge in [-0.3, -0.25) is 9.69 Å². The van der Waals surface area contributed by atoms with E-state index < -0.39 is 0 Å². The molecule has 0 spiro atoms. The van der Waals surface area contributed by atoms with Crippen molar-refractivity contribution >= 4 is 5.91 Å². The number of amides is 1. The van der Waals surface area contributed by atoms with Gasteiger partial charge in [-0.05, 0) is 51.6 Å². The second-order valence-electron chi connectivity index (χ2n) is 7.36. The van der Waals surface area contributed by atoms with E-state index in [2.05, 4.69) is 43.2 Å². The Morgan fingerprint density at radius 3 is 2.55 bits per heavy atom.